The van der Waals surface area contributed by atoms with Crippen LogP contribution in [0.15, 0.2) is 60.7 Å². The highest BCUT2D eigenvalue weighted by Crippen LogP contribution is 2.27. The number of carboxylic acids is 1. The fourth-order valence-corrected chi connectivity index (χ4v) is 3.79. The second kappa shape index (κ2) is 10.7. The van der Waals surface area contributed by atoms with Crippen LogP contribution in [0, 0.1) is 0 Å². The summed E-state index contributed by atoms with van der Waals surface area (Å²) in [4.78, 5) is 36.9. The number of anilines is 2. The lowest BCUT2D eigenvalue weighted by molar-refractivity contribution is -0.140. The predicted molar refractivity (Wildman–Crippen MR) is 112 cm³/mol. The van der Waals surface area contributed by atoms with E-state index in [0.29, 0.717) is 11.4 Å². The highest BCUT2D eigenvalue weighted by Gasteiger charge is 2.26. The van der Waals surface area contributed by atoms with E-state index in [1.54, 1.807) is 4.90 Å². The summed E-state index contributed by atoms with van der Waals surface area (Å²) in [5.41, 5.74) is 1.38. The van der Waals surface area contributed by atoms with Gasteiger partial charge in [0.2, 0.25) is 11.8 Å². The van der Waals surface area contributed by atoms with Gasteiger partial charge in [-0.3, -0.25) is 14.5 Å². The summed E-state index contributed by atoms with van der Waals surface area (Å²) >= 11 is 7.55. The van der Waals surface area contributed by atoms with Gasteiger partial charge in [-0.15, -0.1) is 11.6 Å². The summed E-state index contributed by atoms with van der Waals surface area (Å²) in [6, 6.07) is 17.3. The average Bonchev–Trinajstić information content (AvgIpc) is 2.68. The summed E-state index contributed by atoms with van der Waals surface area (Å²) in [7, 11) is 0. The van der Waals surface area contributed by atoms with Gasteiger partial charge in [-0.1, -0.05) is 36.4 Å². The SMILES string of the molecule is CC(=O)NC(CSCC(Cl)C(=O)N(c1ccccc1)c1ccccc1)C(=O)O. The fourth-order valence-electron chi connectivity index (χ4n) is 2.48. The minimum Gasteiger partial charge on any atom is -0.480 e. The van der Waals surface area contributed by atoms with Crippen molar-refractivity contribution in [2.75, 3.05) is 16.4 Å². The number of carboxylic acid groups (broad SMARTS) is 1. The summed E-state index contributed by atoms with van der Waals surface area (Å²) in [6.45, 7) is 1.26. The Bertz CT molecular complexity index is 765. The van der Waals surface area contributed by atoms with E-state index < -0.39 is 23.3 Å². The van der Waals surface area contributed by atoms with E-state index in [0.717, 1.165) is 0 Å². The number of nitrogens with zero attached hydrogens (tertiary/aromatic N) is 1. The zero-order valence-electron chi connectivity index (χ0n) is 15.2. The first-order valence-corrected chi connectivity index (χ1v) is 10.1. The first-order chi connectivity index (χ1) is 13.4. The average molecular weight is 421 g/mol. The van der Waals surface area contributed by atoms with Gasteiger partial charge < -0.3 is 10.4 Å². The van der Waals surface area contributed by atoms with Gasteiger partial charge >= 0.3 is 5.97 Å². The molecule has 0 fully saturated rings. The first-order valence-electron chi connectivity index (χ1n) is 8.56. The Hall–Kier alpha value is -2.51. The molecule has 8 heteroatoms. The van der Waals surface area contributed by atoms with Crippen LogP contribution in [-0.2, 0) is 14.4 Å². The van der Waals surface area contributed by atoms with Gasteiger partial charge in [-0.25, -0.2) is 4.79 Å². The lowest BCUT2D eigenvalue weighted by Crippen LogP contribution is -2.42. The number of amides is 2. The van der Waals surface area contributed by atoms with Crippen LogP contribution in [0.4, 0.5) is 11.4 Å². The predicted octanol–water partition coefficient (Wildman–Crippen LogP) is 3.28. The molecule has 2 atom stereocenters. The van der Waals surface area contributed by atoms with Gasteiger partial charge in [0.1, 0.15) is 11.4 Å². The number of carbonyl (C=O) groups is 3. The number of halogens is 1. The lowest BCUT2D eigenvalue weighted by atomic mass is 10.2. The number of hydrogen-bond acceptors (Lipinski definition) is 4. The monoisotopic (exact) mass is 420 g/mol. The van der Waals surface area contributed by atoms with Crippen LogP contribution in [0.1, 0.15) is 6.92 Å². The summed E-state index contributed by atoms with van der Waals surface area (Å²) < 4.78 is 0. The number of rotatable bonds is 9. The molecule has 2 amide bonds. The standard InChI is InChI=1S/C20H21ClN2O4S/c1-14(24)22-18(20(26)27)13-28-12-17(21)19(25)23(15-8-4-2-5-9-15)16-10-6-3-7-11-16/h2-11,17-18H,12-13H2,1H3,(H,22,24)(H,26,27). The molecule has 0 aliphatic rings. The molecule has 2 aromatic carbocycles. The van der Waals surface area contributed by atoms with E-state index in [1.807, 2.05) is 60.7 Å². The molecule has 2 aromatic rings. The Morgan fingerprint density at radius 1 is 1.00 bits per heavy atom. The van der Waals surface area contributed by atoms with E-state index in [4.69, 9.17) is 16.7 Å². The number of thioether (sulfide) groups is 1. The Morgan fingerprint density at radius 3 is 1.93 bits per heavy atom. The Kier molecular flexibility index (Phi) is 8.35. The molecule has 0 saturated carbocycles. The molecule has 2 N–H and O–H groups in total. The molecule has 2 unspecified atom stereocenters. The Morgan fingerprint density at radius 2 is 1.50 bits per heavy atom. The van der Waals surface area contributed by atoms with Gasteiger partial charge in [-0.05, 0) is 24.3 Å². The number of benzene rings is 2. The maximum Gasteiger partial charge on any atom is 0.327 e. The second-order valence-electron chi connectivity index (χ2n) is 5.94. The number of aliphatic carboxylic acids is 1. The van der Waals surface area contributed by atoms with Crippen LogP contribution in [-0.4, -0.2) is 45.8 Å². The molecule has 0 radical (unpaired) electrons. The molecule has 2 rings (SSSR count). The third-order valence-electron chi connectivity index (χ3n) is 3.74. The van der Waals surface area contributed by atoms with Gasteiger partial charge in [0.25, 0.3) is 0 Å². The minimum atomic E-state index is -1.13. The van der Waals surface area contributed by atoms with Crippen LogP contribution in [0.2, 0.25) is 0 Å². The summed E-state index contributed by atoms with van der Waals surface area (Å²) in [5, 5.41) is 10.6. The zero-order valence-corrected chi connectivity index (χ0v) is 16.8. The zero-order chi connectivity index (χ0) is 20.5. The molecule has 0 saturated heterocycles. The Labute approximate surface area is 172 Å². The van der Waals surface area contributed by atoms with Crippen molar-refractivity contribution in [2.24, 2.45) is 0 Å². The molecule has 0 aliphatic carbocycles. The molecule has 0 bridgehead atoms. The number of carbonyl (C=O) groups excluding carboxylic acids is 2. The van der Waals surface area contributed by atoms with E-state index in [9.17, 15) is 14.4 Å². The quantitative estimate of drug-likeness (QED) is 0.608. The Balaban J connectivity index is 2.07. The number of nitrogens with one attached hydrogen (secondary N) is 1. The van der Waals surface area contributed by atoms with E-state index in [-0.39, 0.29) is 17.4 Å². The smallest absolute Gasteiger partial charge is 0.327 e. The van der Waals surface area contributed by atoms with Gasteiger partial charge in [0.15, 0.2) is 0 Å². The van der Waals surface area contributed by atoms with Crippen molar-refractivity contribution in [3.63, 3.8) is 0 Å². The number of alkyl halides is 1. The van der Waals surface area contributed by atoms with Crippen molar-refractivity contribution in [1.29, 1.82) is 0 Å². The number of para-hydroxylation sites is 2. The minimum absolute atomic E-state index is 0.113. The van der Waals surface area contributed by atoms with Gasteiger partial charge in [0, 0.05) is 29.8 Å². The van der Waals surface area contributed by atoms with Crippen LogP contribution in [0.5, 0.6) is 0 Å². The van der Waals surface area contributed by atoms with E-state index in [2.05, 4.69) is 5.32 Å². The van der Waals surface area contributed by atoms with Crippen molar-refractivity contribution >= 4 is 52.5 Å². The highest BCUT2D eigenvalue weighted by atomic mass is 35.5. The second-order valence-corrected chi connectivity index (χ2v) is 7.54. The van der Waals surface area contributed by atoms with Crippen molar-refractivity contribution in [3.8, 4) is 0 Å². The largest absolute Gasteiger partial charge is 0.480 e. The van der Waals surface area contributed by atoms with Crippen LogP contribution in [0.3, 0.4) is 0 Å². The molecule has 28 heavy (non-hydrogen) atoms. The summed E-state index contributed by atoms with van der Waals surface area (Å²) in [5.74, 6) is -1.54. The molecule has 0 spiro atoms. The number of hydrogen-bond donors (Lipinski definition) is 2. The van der Waals surface area contributed by atoms with Gasteiger partial charge in [-0.2, -0.15) is 11.8 Å². The van der Waals surface area contributed by atoms with Gasteiger partial charge in [0.05, 0.1) is 0 Å². The van der Waals surface area contributed by atoms with Crippen molar-refractivity contribution in [3.05, 3.63) is 60.7 Å². The topological polar surface area (TPSA) is 86.7 Å². The summed E-state index contributed by atoms with van der Waals surface area (Å²) in [6.07, 6.45) is 0. The van der Waals surface area contributed by atoms with Crippen LogP contribution < -0.4 is 10.2 Å². The van der Waals surface area contributed by atoms with E-state index in [1.165, 1.54) is 18.7 Å². The normalized spacial score (nSPS) is 12.6. The van der Waals surface area contributed by atoms with E-state index >= 15 is 0 Å². The lowest BCUT2D eigenvalue weighted by Gasteiger charge is -2.25. The molecule has 6 nitrogen and oxygen atoms in total. The third kappa shape index (κ3) is 6.28. The van der Waals surface area contributed by atoms with Crippen molar-refractivity contribution < 1.29 is 19.5 Å². The van der Waals surface area contributed by atoms with Crippen LogP contribution in [0.25, 0.3) is 0 Å². The maximum atomic E-state index is 13.0. The highest BCUT2D eigenvalue weighted by molar-refractivity contribution is 7.99. The molecule has 0 heterocycles. The fraction of sp³-hybridized carbons (Fsp3) is 0.250. The third-order valence-corrected chi connectivity index (χ3v) is 5.40. The molecular formula is C20H21ClN2O4S. The molecule has 0 aliphatic heterocycles. The van der Waals surface area contributed by atoms with Crippen molar-refractivity contribution in [1.82, 2.24) is 5.32 Å². The first kappa shape index (κ1) is 21.8. The molecular weight excluding hydrogens is 400 g/mol. The molecule has 0 aromatic heterocycles. The maximum absolute atomic E-state index is 13.0. The molecule has 148 valence electrons. The van der Waals surface area contributed by atoms with Crippen molar-refractivity contribution in [2.45, 2.75) is 18.3 Å². The van der Waals surface area contributed by atoms with Crippen LogP contribution >= 0.6 is 23.4 Å².